The molecule has 136 valence electrons. The summed E-state index contributed by atoms with van der Waals surface area (Å²) in [5.74, 6) is 0.752. The summed E-state index contributed by atoms with van der Waals surface area (Å²) in [6.07, 6.45) is 1.32. The molecule has 2 aliphatic rings. The minimum absolute atomic E-state index is 0.113. The van der Waals surface area contributed by atoms with E-state index in [1.807, 2.05) is 39.8 Å². The zero-order chi connectivity index (χ0) is 18.4. The molecule has 0 aromatic heterocycles. The third-order valence-electron chi connectivity index (χ3n) is 4.70. The molecule has 0 saturated carbocycles. The minimum atomic E-state index is -0.517. The van der Waals surface area contributed by atoms with Gasteiger partial charge in [-0.05, 0) is 45.4 Å². The lowest BCUT2D eigenvalue weighted by Crippen LogP contribution is -2.53. The molecule has 1 aromatic rings. The Bertz CT molecular complexity index is 715. The lowest BCUT2D eigenvalue weighted by Gasteiger charge is -2.44. The number of nitrogens with zero attached hydrogens (tertiary/aromatic N) is 1. The van der Waals surface area contributed by atoms with Gasteiger partial charge in [0, 0.05) is 30.4 Å². The van der Waals surface area contributed by atoms with E-state index in [1.54, 1.807) is 4.90 Å². The summed E-state index contributed by atoms with van der Waals surface area (Å²) in [5.41, 5.74) is 0.650. The maximum Gasteiger partial charge on any atom is 0.410 e. The number of amides is 1. The minimum Gasteiger partial charge on any atom is -0.486 e. The van der Waals surface area contributed by atoms with Crippen molar-refractivity contribution in [2.75, 3.05) is 13.1 Å². The van der Waals surface area contributed by atoms with E-state index in [-0.39, 0.29) is 11.9 Å². The first-order chi connectivity index (χ1) is 11.6. The predicted molar refractivity (Wildman–Crippen MR) is 98.2 cm³/mol. The van der Waals surface area contributed by atoms with Gasteiger partial charge in [0.2, 0.25) is 0 Å². The lowest BCUT2D eigenvalue weighted by atomic mass is 9.82. The molecule has 6 heteroatoms. The first kappa shape index (κ1) is 18.2. The van der Waals surface area contributed by atoms with Crippen molar-refractivity contribution in [3.8, 4) is 5.75 Å². The van der Waals surface area contributed by atoms with Crippen LogP contribution in [0.2, 0.25) is 0 Å². The fourth-order valence-electron chi connectivity index (χ4n) is 3.32. The number of benzene rings is 1. The van der Waals surface area contributed by atoms with Crippen LogP contribution in [0.4, 0.5) is 4.79 Å². The number of aryl methyl sites for hydroxylation is 1. The van der Waals surface area contributed by atoms with Crippen LogP contribution in [-0.4, -0.2) is 41.1 Å². The second-order valence-corrected chi connectivity index (χ2v) is 8.80. The van der Waals surface area contributed by atoms with E-state index in [2.05, 4.69) is 15.9 Å². The average Bonchev–Trinajstić information content (AvgIpc) is 2.48. The van der Waals surface area contributed by atoms with Crippen molar-refractivity contribution in [1.82, 2.24) is 4.90 Å². The van der Waals surface area contributed by atoms with Gasteiger partial charge >= 0.3 is 6.09 Å². The number of hydrogen-bond donors (Lipinski definition) is 0. The summed E-state index contributed by atoms with van der Waals surface area (Å²) in [7, 11) is 0. The van der Waals surface area contributed by atoms with Gasteiger partial charge in [-0.25, -0.2) is 4.79 Å². The van der Waals surface area contributed by atoms with E-state index in [1.165, 1.54) is 0 Å². The molecule has 1 aromatic carbocycles. The van der Waals surface area contributed by atoms with Crippen molar-refractivity contribution in [2.45, 2.75) is 58.2 Å². The normalized spacial score (nSPS) is 19.4. The van der Waals surface area contributed by atoms with E-state index < -0.39 is 11.2 Å². The summed E-state index contributed by atoms with van der Waals surface area (Å²) in [6, 6.07) is 3.76. The van der Waals surface area contributed by atoms with Crippen molar-refractivity contribution in [2.24, 2.45) is 0 Å². The number of halogens is 1. The Morgan fingerprint density at radius 2 is 1.92 bits per heavy atom. The Labute approximate surface area is 156 Å². The SMILES string of the molecule is Cc1cc2c(cc1Br)OC1(CCN(C(=O)OC(C)(C)C)CC1)CC2=O. The Balaban J connectivity index is 1.72. The van der Waals surface area contributed by atoms with Gasteiger partial charge in [-0.2, -0.15) is 0 Å². The van der Waals surface area contributed by atoms with Gasteiger partial charge < -0.3 is 14.4 Å². The molecule has 1 spiro atoms. The maximum atomic E-state index is 12.6. The van der Waals surface area contributed by atoms with Crippen molar-refractivity contribution in [1.29, 1.82) is 0 Å². The van der Waals surface area contributed by atoms with Crippen molar-refractivity contribution in [3.63, 3.8) is 0 Å². The fourth-order valence-corrected chi connectivity index (χ4v) is 3.65. The zero-order valence-electron chi connectivity index (χ0n) is 15.1. The van der Waals surface area contributed by atoms with Crippen LogP contribution >= 0.6 is 15.9 Å². The third-order valence-corrected chi connectivity index (χ3v) is 5.55. The molecule has 1 fully saturated rings. The number of Topliss-reactive ketones (excluding diaryl/α,β-unsaturated/α-hetero) is 1. The molecule has 1 saturated heterocycles. The molecule has 0 aliphatic carbocycles. The summed E-state index contributed by atoms with van der Waals surface area (Å²) >= 11 is 3.50. The first-order valence-corrected chi connectivity index (χ1v) is 9.38. The van der Waals surface area contributed by atoms with E-state index >= 15 is 0 Å². The van der Waals surface area contributed by atoms with Gasteiger partial charge in [0.05, 0.1) is 12.0 Å². The Morgan fingerprint density at radius 1 is 1.28 bits per heavy atom. The van der Waals surface area contributed by atoms with Crippen LogP contribution in [0.5, 0.6) is 5.75 Å². The molecule has 0 bridgehead atoms. The van der Waals surface area contributed by atoms with Crippen LogP contribution in [0.25, 0.3) is 0 Å². The van der Waals surface area contributed by atoms with E-state index in [9.17, 15) is 9.59 Å². The first-order valence-electron chi connectivity index (χ1n) is 8.59. The second kappa shape index (κ2) is 6.31. The van der Waals surface area contributed by atoms with Crippen LogP contribution in [0.3, 0.4) is 0 Å². The Morgan fingerprint density at radius 3 is 2.52 bits per heavy atom. The highest BCUT2D eigenvalue weighted by molar-refractivity contribution is 9.10. The highest BCUT2D eigenvalue weighted by Gasteiger charge is 2.44. The van der Waals surface area contributed by atoms with Crippen LogP contribution in [0, 0.1) is 6.92 Å². The van der Waals surface area contributed by atoms with Crippen LogP contribution in [0.1, 0.15) is 56.0 Å². The van der Waals surface area contributed by atoms with Crippen LogP contribution in [0.15, 0.2) is 16.6 Å². The molecule has 0 radical (unpaired) electrons. The second-order valence-electron chi connectivity index (χ2n) is 7.95. The third kappa shape index (κ3) is 3.84. The molecule has 0 unspecified atom stereocenters. The number of ether oxygens (including phenoxy) is 2. The number of piperidine rings is 1. The van der Waals surface area contributed by atoms with Gasteiger partial charge in [-0.3, -0.25) is 4.79 Å². The highest BCUT2D eigenvalue weighted by atomic mass is 79.9. The van der Waals surface area contributed by atoms with Gasteiger partial charge in [-0.1, -0.05) is 15.9 Å². The molecular formula is C19H24BrNO4. The summed E-state index contributed by atoms with van der Waals surface area (Å²) in [5, 5.41) is 0. The van der Waals surface area contributed by atoms with Crippen LogP contribution < -0.4 is 4.74 Å². The molecule has 25 heavy (non-hydrogen) atoms. The van der Waals surface area contributed by atoms with Gasteiger partial charge in [-0.15, -0.1) is 0 Å². The number of carbonyl (C=O) groups is 2. The van der Waals surface area contributed by atoms with E-state index in [4.69, 9.17) is 9.47 Å². The van der Waals surface area contributed by atoms with E-state index in [0.29, 0.717) is 43.7 Å². The average molecular weight is 410 g/mol. The lowest BCUT2D eigenvalue weighted by molar-refractivity contribution is -0.0226. The van der Waals surface area contributed by atoms with Gasteiger partial charge in [0.1, 0.15) is 17.0 Å². The quantitative estimate of drug-likeness (QED) is 0.633. The standard InChI is InChI=1S/C19H24BrNO4/c1-12-9-13-15(22)11-19(24-16(13)10-14(12)20)5-7-21(8-6-19)17(23)25-18(2,3)4/h9-10H,5-8,11H2,1-4H3. The number of rotatable bonds is 0. The molecule has 3 rings (SSSR count). The topological polar surface area (TPSA) is 55.8 Å². The molecule has 2 heterocycles. The zero-order valence-corrected chi connectivity index (χ0v) is 16.7. The predicted octanol–water partition coefficient (Wildman–Crippen LogP) is 4.49. The maximum absolute atomic E-state index is 12.6. The summed E-state index contributed by atoms with van der Waals surface area (Å²) in [6.45, 7) is 8.60. The molecule has 2 aliphatic heterocycles. The Hall–Kier alpha value is -1.56. The highest BCUT2D eigenvalue weighted by Crippen LogP contribution is 2.41. The molecular weight excluding hydrogens is 386 g/mol. The number of likely N-dealkylation sites (tertiary alicyclic amines) is 1. The monoisotopic (exact) mass is 409 g/mol. The fraction of sp³-hybridized carbons (Fsp3) is 0.579. The molecule has 5 nitrogen and oxygen atoms in total. The molecule has 0 N–H and O–H groups in total. The number of carbonyl (C=O) groups excluding carboxylic acids is 2. The molecule has 0 atom stereocenters. The van der Waals surface area contributed by atoms with Crippen molar-refractivity contribution < 1.29 is 19.1 Å². The van der Waals surface area contributed by atoms with Crippen molar-refractivity contribution in [3.05, 3.63) is 27.7 Å². The van der Waals surface area contributed by atoms with Gasteiger partial charge in [0.25, 0.3) is 0 Å². The smallest absolute Gasteiger partial charge is 0.410 e. The van der Waals surface area contributed by atoms with E-state index in [0.717, 1.165) is 10.0 Å². The van der Waals surface area contributed by atoms with Gasteiger partial charge in [0.15, 0.2) is 5.78 Å². The largest absolute Gasteiger partial charge is 0.486 e. The number of hydrogen-bond acceptors (Lipinski definition) is 4. The Kier molecular flexibility index (Phi) is 4.60. The molecule has 1 amide bonds. The number of ketones is 1. The number of fused-ring (bicyclic) bond motifs is 1. The summed E-state index contributed by atoms with van der Waals surface area (Å²) < 4.78 is 12.6. The van der Waals surface area contributed by atoms with Crippen molar-refractivity contribution >= 4 is 27.8 Å². The van der Waals surface area contributed by atoms with Crippen LogP contribution in [-0.2, 0) is 4.74 Å². The summed E-state index contributed by atoms with van der Waals surface area (Å²) in [4.78, 5) is 26.5.